The number of halogens is 2. The summed E-state index contributed by atoms with van der Waals surface area (Å²) >= 11 is 11.9. The number of anilines is 1. The minimum atomic E-state index is 0.178. The van der Waals surface area contributed by atoms with E-state index in [1.165, 1.54) is 0 Å². The van der Waals surface area contributed by atoms with Crippen molar-refractivity contribution in [3.05, 3.63) is 46.5 Å². The maximum Gasteiger partial charge on any atom is 0.226 e. The second kappa shape index (κ2) is 5.26. The Bertz CT molecular complexity index is 755. The monoisotopic (exact) mass is 307 g/mol. The van der Waals surface area contributed by atoms with E-state index in [-0.39, 0.29) is 5.28 Å². The molecule has 1 aromatic carbocycles. The Balaban J connectivity index is 1.96. The van der Waals surface area contributed by atoms with Crippen LogP contribution < -0.4 is 4.90 Å². The molecule has 20 heavy (non-hydrogen) atoms. The molecule has 7 heteroatoms. The molecular formula is C13H11Cl2N5. The van der Waals surface area contributed by atoms with Gasteiger partial charge in [-0.15, -0.1) is 0 Å². The van der Waals surface area contributed by atoms with Crippen LogP contribution in [0.15, 0.2) is 30.6 Å². The van der Waals surface area contributed by atoms with Crippen molar-refractivity contribution in [2.24, 2.45) is 0 Å². The lowest BCUT2D eigenvalue weighted by molar-refractivity contribution is 0.898. The van der Waals surface area contributed by atoms with Gasteiger partial charge in [-0.1, -0.05) is 23.7 Å². The lowest BCUT2D eigenvalue weighted by Gasteiger charge is -2.18. The minimum absolute atomic E-state index is 0.178. The van der Waals surface area contributed by atoms with Crippen molar-refractivity contribution >= 4 is 40.2 Å². The van der Waals surface area contributed by atoms with E-state index < -0.39 is 0 Å². The van der Waals surface area contributed by atoms with Gasteiger partial charge in [0.2, 0.25) is 5.28 Å². The van der Waals surface area contributed by atoms with E-state index in [2.05, 4.69) is 19.9 Å². The zero-order valence-corrected chi connectivity index (χ0v) is 12.2. The highest BCUT2D eigenvalue weighted by atomic mass is 35.5. The summed E-state index contributed by atoms with van der Waals surface area (Å²) in [7, 11) is 1.93. The molecule has 2 heterocycles. The fraction of sp³-hybridized carbons (Fsp3) is 0.154. The average molecular weight is 308 g/mol. The van der Waals surface area contributed by atoms with Crippen LogP contribution in [0.2, 0.25) is 10.3 Å². The Labute approximate surface area is 125 Å². The minimum Gasteiger partial charge on any atom is -0.353 e. The lowest BCUT2D eigenvalue weighted by atomic mass is 10.2. The molecule has 0 fully saturated rings. The molecule has 0 saturated heterocycles. The fourth-order valence-electron chi connectivity index (χ4n) is 2.05. The summed E-state index contributed by atoms with van der Waals surface area (Å²) in [6.45, 7) is 0.655. The molecule has 0 atom stereocenters. The van der Waals surface area contributed by atoms with Crippen LogP contribution in [0.3, 0.4) is 0 Å². The molecule has 5 nitrogen and oxygen atoms in total. The summed E-state index contributed by atoms with van der Waals surface area (Å²) in [5, 5.41) is 0.890. The highest BCUT2D eigenvalue weighted by molar-refractivity contribution is 6.30. The Morgan fingerprint density at radius 3 is 2.90 bits per heavy atom. The molecule has 0 aliphatic heterocycles. The molecule has 3 aromatic rings. The number of rotatable bonds is 3. The maximum absolute atomic E-state index is 6.00. The zero-order valence-electron chi connectivity index (χ0n) is 10.6. The van der Waals surface area contributed by atoms with Crippen LogP contribution in [0.5, 0.6) is 0 Å². The second-order valence-corrected chi connectivity index (χ2v) is 5.18. The molecule has 0 aliphatic rings. The van der Waals surface area contributed by atoms with Crippen molar-refractivity contribution in [3.8, 4) is 0 Å². The molecule has 0 bridgehead atoms. The summed E-state index contributed by atoms with van der Waals surface area (Å²) in [6.07, 6.45) is 1.58. The number of aromatic amines is 1. The van der Waals surface area contributed by atoms with Gasteiger partial charge in [-0.05, 0) is 29.3 Å². The maximum atomic E-state index is 6.00. The van der Waals surface area contributed by atoms with Gasteiger partial charge in [-0.3, -0.25) is 0 Å². The van der Waals surface area contributed by atoms with Crippen molar-refractivity contribution in [1.82, 2.24) is 19.9 Å². The molecule has 102 valence electrons. The third-order valence-electron chi connectivity index (χ3n) is 2.91. The van der Waals surface area contributed by atoms with Crippen molar-refractivity contribution in [1.29, 1.82) is 0 Å². The van der Waals surface area contributed by atoms with Crippen LogP contribution in [0.4, 0.5) is 5.82 Å². The first-order valence-electron chi connectivity index (χ1n) is 5.95. The predicted octanol–water partition coefficient (Wildman–Crippen LogP) is 3.30. The number of imidazole rings is 1. The van der Waals surface area contributed by atoms with Crippen LogP contribution in [-0.2, 0) is 6.54 Å². The van der Waals surface area contributed by atoms with E-state index in [0.29, 0.717) is 23.0 Å². The molecule has 1 N–H and O–H groups in total. The normalized spacial score (nSPS) is 10.9. The van der Waals surface area contributed by atoms with Gasteiger partial charge >= 0.3 is 0 Å². The molecule has 3 rings (SSSR count). The quantitative estimate of drug-likeness (QED) is 0.754. The number of hydrogen-bond donors (Lipinski definition) is 1. The van der Waals surface area contributed by atoms with E-state index in [1.54, 1.807) is 6.33 Å². The summed E-state index contributed by atoms with van der Waals surface area (Å²) in [6, 6.07) is 7.70. The van der Waals surface area contributed by atoms with E-state index in [0.717, 1.165) is 11.1 Å². The van der Waals surface area contributed by atoms with E-state index in [1.807, 2.05) is 36.2 Å². The third-order valence-corrected chi connectivity index (χ3v) is 3.31. The number of aromatic nitrogens is 4. The molecule has 0 radical (unpaired) electrons. The number of hydrogen-bond acceptors (Lipinski definition) is 4. The van der Waals surface area contributed by atoms with Gasteiger partial charge in [0, 0.05) is 18.6 Å². The van der Waals surface area contributed by atoms with Gasteiger partial charge < -0.3 is 9.88 Å². The average Bonchev–Trinajstić information content (AvgIpc) is 2.85. The van der Waals surface area contributed by atoms with Crippen molar-refractivity contribution < 1.29 is 0 Å². The number of nitrogens with one attached hydrogen (secondary N) is 1. The predicted molar refractivity (Wildman–Crippen MR) is 80.3 cm³/mol. The van der Waals surface area contributed by atoms with Gasteiger partial charge in [-0.25, -0.2) is 4.98 Å². The van der Waals surface area contributed by atoms with Crippen LogP contribution in [0.25, 0.3) is 11.2 Å². The van der Waals surface area contributed by atoms with E-state index in [4.69, 9.17) is 23.2 Å². The van der Waals surface area contributed by atoms with Crippen molar-refractivity contribution in [3.63, 3.8) is 0 Å². The summed E-state index contributed by atoms with van der Waals surface area (Å²) in [5.41, 5.74) is 2.40. The first-order chi connectivity index (χ1) is 9.63. The molecular weight excluding hydrogens is 297 g/mol. The SMILES string of the molecule is CN(Cc1cccc(Cl)c1)c1nc(Cl)nc2nc[nH]c12. The third kappa shape index (κ3) is 2.55. The zero-order chi connectivity index (χ0) is 14.1. The highest BCUT2D eigenvalue weighted by Gasteiger charge is 2.13. The topological polar surface area (TPSA) is 57.7 Å². The standard InChI is InChI=1S/C13H11Cl2N5/c1-20(6-8-3-2-4-9(14)5-8)12-10-11(17-7-16-10)18-13(15)19-12/h2-5,7H,6H2,1H3,(H,16,17,18,19). The Morgan fingerprint density at radius 1 is 1.25 bits per heavy atom. The number of H-pyrrole nitrogens is 1. The number of benzene rings is 1. The fourth-order valence-corrected chi connectivity index (χ4v) is 2.43. The number of nitrogens with zero attached hydrogens (tertiary/aromatic N) is 4. The van der Waals surface area contributed by atoms with E-state index >= 15 is 0 Å². The van der Waals surface area contributed by atoms with Crippen LogP contribution in [-0.4, -0.2) is 27.0 Å². The smallest absolute Gasteiger partial charge is 0.226 e. The Hall–Kier alpha value is -1.85. The molecule has 0 saturated carbocycles. The Kier molecular flexibility index (Phi) is 3.46. The van der Waals surface area contributed by atoms with Gasteiger partial charge in [0.15, 0.2) is 11.5 Å². The van der Waals surface area contributed by atoms with Gasteiger partial charge in [0.05, 0.1) is 6.33 Å². The highest BCUT2D eigenvalue weighted by Crippen LogP contribution is 2.23. The van der Waals surface area contributed by atoms with Gasteiger partial charge in [-0.2, -0.15) is 9.97 Å². The van der Waals surface area contributed by atoms with Crippen molar-refractivity contribution in [2.75, 3.05) is 11.9 Å². The second-order valence-electron chi connectivity index (χ2n) is 4.40. The molecule has 0 amide bonds. The molecule has 0 aliphatic carbocycles. The summed E-state index contributed by atoms with van der Waals surface area (Å²) < 4.78 is 0. The summed E-state index contributed by atoms with van der Waals surface area (Å²) in [4.78, 5) is 17.4. The molecule has 0 spiro atoms. The van der Waals surface area contributed by atoms with Crippen molar-refractivity contribution in [2.45, 2.75) is 6.54 Å². The largest absolute Gasteiger partial charge is 0.353 e. The number of fused-ring (bicyclic) bond motifs is 1. The lowest BCUT2D eigenvalue weighted by Crippen LogP contribution is -2.18. The van der Waals surface area contributed by atoms with Crippen LogP contribution in [0, 0.1) is 0 Å². The first-order valence-corrected chi connectivity index (χ1v) is 6.71. The van der Waals surface area contributed by atoms with Crippen LogP contribution in [0.1, 0.15) is 5.56 Å². The van der Waals surface area contributed by atoms with Crippen LogP contribution >= 0.6 is 23.2 Å². The first kappa shape index (κ1) is 13.1. The van der Waals surface area contributed by atoms with Gasteiger partial charge in [0.25, 0.3) is 0 Å². The summed E-state index contributed by atoms with van der Waals surface area (Å²) in [5.74, 6) is 0.706. The molecule has 2 aromatic heterocycles. The van der Waals surface area contributed by atoms with Gasteiger partial charge in [0.1, 0.15) is 5.52 Å². The van der Waals surface area contributed by atoms with E-state index in [9.17, 15) is 0 Å². The Morgan fingerprint density at radius 2 is 2.10 bits per heavy atom. The molecule has 0 unspecified atom stereocenters.